The van der Waals surface area contributed by atoms with Crippen LogP contribution in [-0.4, -0.2) is 104 Å². The molecule has 0 saturated carbocycles. The van der Waals surface area contributed by atoms with Crippen molar-refractivity contribution in [3.8, 4) is 0 Å². The standard InChI is InChI=1S/2C8H16N2.C3F9NO2S.C2F6N.6CH4.ClH.FH.Rb/c2*1-3-4-5-10-7-6-9(2)8-10;4-1(5,6)13(2(7,8)9)16(14,15)3(10,11)12;3-1(4,5)9-2(6,7)8;;;;;;;;;/h2*6-7H,3-5,8H2,1-2H3;;;6*1H4;2*1H;/q;;;-1;;;;;;;;;+1/p-2. The number of alkyl halides is 15. The zero-order chi connectivity index (χ0) is 36.1. The molecule has 2 heterocycles. The molecular formula is C27H56ClF16N6O2RbS-2. The van der Waals surface area contributed by atoms with Crippen LogP contribution in [0.3, 0.4) is 0 Å². The summed E-state index contributed by atoms with van der Waals surface area (Å²) in [5.41, 5.74) is -6.71. The normalized spacial score (nSPS) is 13.3. The molecule has 0 unspecified atom stereocenters. The van der Waals surface area contributed by atoms with Gasteiger partial charge in [-0.05, 0) is 17.1 Å². The Hall–Kier alpha value is -0.475. The molecule has 0 radical (unpaired) electrons. The summed E-state index contributed by atoms with van der Waals surface area (Å²) >= 11 is 0. The van der Waals surface area contributed by atoms with Crippen LogP contribution >= 0.6 is 0 Å². The smallest absolute Gasteiger partial charge is 1.00 e. The first-order valence-corrected chi connectivity index (χ1v) is 13.8. The van der Waals surface area contributed by atoms with Gasteiger partial charge in [0.25, 0.3) is 0 Å². The third-order valence-corrected chi connectivity index (χ3v) is 6.20. The van der Waals surface area contributed by atoms with Crippen LogP contribution in [-0.2, 0) is 10.0 Å². The maximum atomic E-state index is 11.6. The van der Waals surface area contributed by atoms with E-state index in [1.165, 1.54) is 38.8 Å². The van der Waals surface area contributed by atoms with Gasteiger partial charge in [0.15, 0.2) is 0 Å². The fourth-order valence-electron chi connectivity index (χ4n) is 2.85. The number of unbranched alkanes of at least 4 members (excludes halogenated alkanes) is 2. The predicted molar refractivity (Wildman–Crippen MR) is 172 cm³/mol. The van der Waals surface area contributed by atoms with Crippen LogP contribution in [0, 0.1) is 0 Å². The average Bonchev–Trinajstić information content (AvgIpc) is 3.39. The molecule has 334 valence electrons. The topological polar surface area (TPSA) is 64.4 Å². The minimum Gasteiger partial charge on any atom is -1.00 e. The van der Waals surface area contributed by atoms with Crippen molar-refractivity contribution in [2.24, 2.45) is 0 Å². The summed E-state index contributed by atoms with van der Waals surface area (Å²) in [4.78, 5) is 9.05. The van der Waals surface area contributed by atoms with E-state index >= 15 is 0 Å². The molecular weight excluding hydrogens is 897 g/mol. The quantitative estimate of drug-likeness (QED) is 0.289. The molecule has 0 aromatic rings. The van der Waals surface area contributed by atoms with Gasteiger partial charge in [0.1, 0.15) is 0 Å². The second kappa shape index (κ2) is 34.6. The van der Waals surface area contributed by atoms with E-state index in [9.17, 15) is 74.3 Å². The van der Waals surface area contributed by atoms with Gasteiger partial charge >= 0.3 is 98.9 Å². The zero-order valence-corrected chi connectivity index (χ0v) is 32.3. The molecule has 0 spiro atoms. The van der Waals surface area contributed by atoms with Gasteiger partial charge in [0, 0.05) is 52.0 Å². The summed E-state index contributed by atoms with van der Waals surface area (Å²) in [6.45, 7) is 9.00. The molecule has 0 aromatic heterocycles. The summed E-state index contributed by atoms with van der Waals surface area (Å²) in [5.74, 6) is 0. The van der Waals surface area contributed by atoms with Crippen molar-refractivity contribution in [3.05, 3.63) is 30.1 Å². The van der Waals surface area contributed by atoms with E-state index in [1.54, 1.807) is 0 Å². The van der Waals surface area contributed by atoms with E-state index in [0.29, 0.717) is 5.32 Å². The number of nitrogens with zero attached hydrogens (tertiary/aromatic N) is 6. The summed E-state index contributed by atoms with van der Waals surface area (Å²) in [5, 5.41) is 0.542. The van der Waals surface area contributed by atoms with Crippen LogP contribution in [0.4, 0.5) is 65.9 Å². The van der Waals surface area contributed by atoms with E-state index in [4.69, 9.17) is 0 Å². The average molecular weight is 954 g/mol. The third-order valence-electron chi connectivity index (χ3n) is 4.72. The van der Waals surface area contributed by atoms with E-state index in [-0.39, 0.29) is 120 Å². The van der Waals surface area contributed by atoms with Crippen LogP contribution in [0.15, 0.2) is 24.8 Å². The van der Waals surface area contributed by atoms with Crippen LogP contribution in [0.1, 0.15) is 84.1 Å². The van der Waals surface area contributed by atoms with Crippen LogP contribution < -0.4 is 75.3 Å². The summed E-state index contributed by atoms with van der Waals surface area (Å²) in [6.07, 6.45) is -10.8. The van der Waals surface area contributed by atoms with Gasteiger partial charge in [-0.3, -0.25) is 0 Å². The fraction of sp³-hybridized carbons (Fsp3) is 0.852. The van der Waals surface area contributed by atoms with Crippen molar-refractivity contribution in [2.75, 3.05) is 40.5 Å². The number of hydrogen-bond acceptors (Lipinski definition) is 6. The second-order valence-electron chi connectivity index (χ2n) is 8.92. The van der Waals surface area contributed by atoms with E-state index in [1.807, 2.05) is 0 Å². The molecule has 27 heteroatoms. The Bertz CT molecular complexity index is 959. The maximum Gasteiger partial charge on any atom is 1.00 e. The van der Waals surface area contributed by atoms with Gasteiger partial charge in [0.05, 0.1) is 13.3 Å². The minimum absolute atomic E-state index is 0. The Balaban J connectivity index is -0.0000000491. The van der Waals surface area contributed by atoms with Crippen molar-refractivity contribution < 1.29 is 150 Å². The van der Waals surface area contributed by atoms with Crippen molar-refractivity contribution in [3.63, 3.8) is 0 Å². The third kappa shape index (κ3) is 38.4. The molecule has 0 atom stereocenters. The molecule has 0 bridgehead atoms. The number of hydrogen-bond donors (Lipinski definition) is 0. The van der Waals surface area contributed by atoms with Crippen molar-refractivity contribution in [1.82, 2.24) is 23.9 Å². The van der Waals surface area contributed by atoms with Gasteiger partial charge in [-0.1, -0.05) is 71.2 Å². The van der Waals surface area contributed by atoms with E-state index in [2.05, 4.69) is 72.3 Å². The molecule has 0 N–H and O–H groups in total. The molecule has 2 rings (SSSR count). The van der Waals surface area contributed by atoms with E-state index < -0.39 is 45.0 Å². The van der Waals surface area contributed by atoms with Crippen molar-refractivity contribution >= 4 is 10.0 Å². The summed E-state index contributed by atoms with van der Waals surface area (Å²) in [7, 11) is -3.37. The number of sulfonamides is 1. The molecule has 2 aliphatic rings. The first kappa shape index (κ1) is 81.7. The Kier molecular flexibility index (Phi) is 52.3. The second-order valence-corrected chi connectivity index (χ2v) is 10.7. The van der Waals surface area contributed by atoms with Crippen LogP contribution in [0.2, 0.25) is 0 Å². The zero-order valence-electron chi connectivity index (χ0n) is 25.8. The van der Waals surface area contributed by atoms with Gasteiger partial charge in [-0.2, -0.15) is 65.9 Å². The van der Waals surface area contributed by atoms with Gasteiger partial charge in [0.2, 0.25) is 0 Å². The van der Waals surface area contributed by atoms with Crippen molar-refractivity contribution in [1.29, 1.82) is 0 Å². The summed E-state index contributed by atoms with van der Waals surface area (Å²) in [6, 6.07) is 0. The van der Waals surface area contributed by atoms with Crippen LogP contribution in [0.5, 0.6) is 0 Å². The number of rotatable bonds is 7. The summed E-state index contributed by atoms with van der Waals surface area (Å²) < 4.78 is 184. The molecule has 0 aliphatic carbocycles. The van der Waals surface area contributed by atoms with Gasteiger partial charge in [-0.25, -0.2) is 8.42 Å². The van der Waals surface area contributed by atoms with Crippen LogP contribution in [0.25, 0.3) is 5.32 Å². The Morgan fingerprint density at radius 1 is 0.593 bits per heavy atom. The molecule has 0 amide bonds. The molecule has 0 fully saturated rings. The van der Waals surface area contributed by atoms with Gasteiger partial charge < -0.3 is 42.0 Å². The largest absolute Gasteiger partial charge is 1.00 e. The Morgan fingerprint density at radius 3 is 0.963 bits per heavy atom. The monoisotopic (exact) mass is 952 g/mol. The molecule has 0 aromatic carbocycles. The van der Waals surface area contributed by atoms with E-state index in [0.717, 1.165) is 13.3 Å². The molecule has 0 saturated heterocycles. The molecule has 54 heavy (non-hydrogen) atoms. The Morgan fingerprint density at radius 2 is 0.852 bits per heavy atom. The van der Waals surface area contributed by atoms with Crippen molar-refractivity contribution in [2.45, 2.75) is 115 Å². The maximum absolute atomic E-state index is 11.6. The van der Waals surface area contributed by atoms with Gasteiger partial charge in [-0.15, -0.1) is 0 Å². The Labute approximate surface area is 366 Å². The SMILES string of the molecule is C.C.C.C.C.C.CCCCN1C=CN(C)C1.CCCCN1C=CN(C)C1.FC(F)(F)[N-]C(F)(F)F.O=S(=O)(N(C(F)(F)F)C(F)(F)F)C(F)(F)F.[Cl-].[F-].[Rb+]. The fourth-order valence-corrected chi connectivity index (χ4v) is 3.61. The molecule has 2 aliphatic heterocycles. The first-order chi connectivity index (χ1) is 20.0. The minimum atomic E-state index is -7.57. The molecule has 8 nitrogen and oxygen atoms in total. The number of halogens is 17. The predicted octanol–water partition coefficient (Wildman–Crippen LogP) is 2.33. The first-order valence-electron chi connectivity index (χ1n) is 12.4.